The molecule has 2 heteroatoms. The van der Waals surface area contributed by atoms with E-state index in [1.807, 2.05) is 0 Å². The van der Waals surface area contributed by atoms with Crippen LogP contribution in [-0.4, -0.2) is 19.8 Å². The minimum Gasteiger partial charge on any atom is -0.376 e. The van der Waals surface area contributed by atoms with Crippen molar-refractivity contribution in [1.29, 1.82) is 0 Å². The van der Waals surface area contributed by atoms with Gasteiger partial charge in [0.25, 0.3) is 0 Å². The zero-order chi connectivity index (χ0) is 15.4. The molecular formula is C19H31NO. The molecule has 1 aromatic carbocycles. The van der Waals surface area contributed by atoms with Gasteiger partial charge < -0.3 is 10.1 Å². The molecular weight excluding hydrogens is 258 g/mol. The van der Waals surface area contributed by atoms with E-state index in [1.54, 1.807) is 0 Å². The van der Waals surface area contributed by atoms with Crippen LogP contribution in [0.5, 0.6) is 0 Å². The summed E-state index contributed by atoms with van der Waals surface area (Å²) in [6.07, 6.45) is 4.78. The van der Waals surface area contributed by atoms with Crippen molar-refractivity contribution < 1.29 is 4.74 Å². The van der Waals surface area contributed by atoms with E-state index in [2.05, 4.69) is 52.2 Å². The van der Waals surface area contributed by atoms with Gasteiger partial charge in [0, 0.05) is 6.61 Å². The fourth-order valence-electron chi connectivity index (χ4n) is 3.66. The highest BCUT2D eigenvalue weighted by atomic mass is 16.5. The van der Waals surface area contributed by atoms with Gasteiger partial charge in [-0.15, -0.1) is 0 Å². The predicted molar refractivity (Wildman–Crippen MR) is 89.9 cm³/mol. The van der Waals surface area contributed by atoms with Crippen LogP contribution in [0.25, 0.3) is 0 Å². The Bertz CT molecular complexity index is 444. The van der Waals surface area contributed by atoms with Crippen LogP contribution in [-0.2, 0) is 24.0 Å². The van der Waals surface area contributed by atoms with Crippen molar-refractivity contribution in [2.45, 2.75) is 65.5 Å². The van der Waals surface area contributed by atoms with Gasteiger partial charge in [0.15, 0.2) is 0 Å². The van der Waals surface area contributed by atoms with Crippen molar-refractivity contribution in [1.82, 2.24) is 5.32 Å². The molecule has 2 rings (SSSR count). The van der Waals surface area contributed by atoms with E-state index in [1.165, 1.54) is 28.7 Å². The number of ether oxygens (including phenoxy) is 1. The lowest BCUT2D eigenvalue weighted by molar-refractivity contribution is 0.0626. The summed E-state index contributed by atoms with van der Waals surface area (Å²) in [5.41, 5.74) is 5.95. The molecule has 1 saturated heterocycles. The van der Waals surface area contributed by atoms with Crippen molar-refractivity contribution in [2.24, 2.45) is 5.92 Å². The molecule has 118 valence electrons. The molecule has 0 aromatic heterocycles. The van der Waals surface area contributed by atoms with Gasteiger partial charge in [-0.3, -0.25) is 0 Å². The molecule has 1 aromatic rings. The van der Waals surface area contributed by atoms with E-state index in [4.69, 9.17) is 4.74 Å². The molecule has 0 bridgehead atoms. The van der Waals surface area contributed by atoms with E-state index in [0.29, 0.717) is 18.1 Å². The maximum Gasteiger partial charge on any atom is 0.0796 e. The molecule has 3 atom stereocenters. The summed E-state index contributed by atoms with van der Waals surface area (Å²) in [5.74, 6) is 0.628. The van der Waals surface area contributed by atoms with Crippen LogP contribution in [0.1, 0.15) is 62.4 Å². The standard InChI is InChI=1S/C19H31NO/c1-6-14-11-15(7-2)17(16(8-3)12-14)18(20-5)19-13(4)9-10-21-19/h11-13,18-20H,6-10H2,1-5H3. The van der Waals surface area contributed by atoms with Crippen LogP contribution in [0.4, 0.5) is 0 Å². The van der Waals surface area contributed by atoms with Gasteiger partial charge in [-0.25, -0.2) is 0 Å². The van der Waals surface area contributed by atoms with Gasteiger partial charge in [-0.05, 0) is 60.9 Å². The largest absolute Gasteiger partial charge is 0.376 e. The Balaban J connectivity index is 2.48. The van der Waals surface area contributed by atoms with Crippen LogP contribution in [0.2, 0.25) is 0 Å². The van der Waals surface area contributed by atoms with E-state index >= 15 is 0 Å². The number of hydrogen-bond donors (Lipinski definition) is 1. The normalized spacial score (nSPS) is 23.5. The van der Waals surface area contributed by atoms with Gasteiger partial charge in [-0.2, -0.15) is 0 Å². The van der Waals surface area contributed by atoms with Crippen LogP contribution >= 0.6 is 0 Å². The van der Waals surface area contributed by atoms with Crippen LogP contribution < -0.4 is 5.32 Å². The molecule has 3 unspecified atom stereocenters. The highest BCUT2D eigenvalue weighted by molar-refractivity contribution is 5.42. The fourth-order valence-corrected chi connectivity index (χ4v) is 3.66. The molecule has 1 N–H and O–H groups in total. The highest BCUT2D eigenvalue weighted by Crippen LogP contribution is 2.35. The Morgan fingerprint density at radius 2 is 1.76 bits per heavy atom. The average molecular weight is 289 g/mol. The highest BCUT2D eigenvalue weighted by Gasteiger charge is 2.34. The first-order valence-corrected chi connectivity index (χ1v) is 8.59. The number of hydrogen-bond acceptors (Lipinski definition) is 2. The maximum absolute atomic E-state index is 6.07. The molecule has 1 heterocycles. The van der Waals surface area contributed by atoms with E-state index < -0.39 is 0 Å². The number of rotatable bonds is 6. The summed E-state index contributed by atoms with van der Waals surface area (Å²) in [5, 5.41) is 3.55. The first kappa shape index (κ1) is 16.5. The van der Waals surface area contributed by atoms with Crippen LogP contribution in [0, 0.1) is 5.92 Å². The number of benzene rings is 1. The summed E-state index contributed by atoms with van der Waals surface area (Å²) in [7, 11) is 2.08. The molecule has 1 aliphatic rings. The van der Waals surface area contributed by atoms with Gasteiger partial charge in [-0.1, -0.05) is 39.8 Å². The second kappa shape index (κ2) is 7.42. The Morgan fingerprint density at radius 3 is 2.14 bits per heavy atom. The zero-order valence-corrected chi connectivity index (χ0v) is 14.3. The average Bonchev–Trinajstić information content (AvgIpc) is 2.94. The second-order valence-electron chi connectivity index (χ2n) is 6.26. The van der Waals surface area contributed by atoms with Crippen molar-refractivity contribution in [2.75, 3.05) is 13.7 Å². The van der Waals surface area contributed by atoms with Crippen molar-refractivity contribution in [3.05, 3.63) is 34.4 Å². The minimum atomic E-state index is 0.304. The Hall–Kier alpha value is -0.860. The number of aryl methyl sites for hydroxylation is 3. The van der Waals surface area contributed by atoms with Gasteiger partial charge in [0.2, 0.25) is 0 Å². The summed E-state index contributed by atoms with van der Waals surface area (Å²) in [6, 6.07) is 5.12. The van der Waals surface area contributed by atoms with Gasteiger partial charge in [0.05, 0.1) is 12.1 Å². The first-order chi connectivity index (χ1) is 10.2. The Labute approximate surface area is 130 Å². The second-order valence-corrected chi connectivity index (χ2v) is 6.26. The van der Waals surface area contributed by atoms with E-state index in [-0.39, 0.29) is 0 Å². The smallest absolute Gasteiger partial charge is 0.0796 e. The molecule has 21 heavy (non-hydrogen) atoms. The minimum absolute atomic E-state index is 0.304. The SMILES string of the molecule is CCc1cc(CC)c(C(NC)C2OCCC2C)c(CC)c1. The lowest BCUT2D eigenvalue weighted by Crippen LogP contribution is -2.34. The lowest BCUT2D eigenvalue weighted by atomic mass is 9.84. The Morgan fingerprint density at radius 1 is 1.14 bits per heavy atom. The van der Waals surface area contributed by atoms with Crippen molar-refractivity contribution >= 4 is 0 Å². The quantitative estimate of drug-likeness (QED) is 0.852. The monoisotopic (exact) mass is 289 g/mol. The van der Waals surface area contributed by atoms with E-state index in [9.17, 15) is 0 Å². The van der Waals surface area contributed by atoms with Crippen molar-refractivity contribution in [3.63, 3.8) is 0 Å². The third kappa shape index (κ3) is 3.32. The Kier molecular flexibility index (Phi) is 5.83. The lowest BCUT2D eigenvalue weighted by Gasteiger charge is -2.30. The summed E-state index contributed by atoms with van der Waals surface area (Å²) < 4.78 is 6.07. The molecule has 0 amide bonds. The number of nitrogens with one attached hydrogen (secondary N) is 1. The van der Waals surface area contributed by atoms with Crippen LogP contribution in [0.3, 0.4) is 0 Å². The molecule has 0 spiro atoms. The molecule has 0 radical (unpaired) electrons. The molecule has 1 aliphatic heterocycles. The van der Waals surface area contributed by atoms with Gasteiger partial charge in [0.1, 0.15) is 0 Å². The zero-order valence-electron chi connectivity index (χ0n) is 14.3. The van der Waals surface area contributed by atoms with Crippen molar-refractivity contribution in [3.8, 4) is 0 Å². The third-order valence-electron chi connectivity index (χ3n) is 4.98. The predicted octanol–water partition coefficient (Wildman–Crippen LogP) is 4.06. The molecule has 0 saturated carbocycles. The number of likely N-dealkylation sites (N-methyl/N-ethyl adjacent to an activating group) is 1. The molecule has 0 aliphatic carbocycles. The van der Waals surface area contributed by atoms with Gasteiger partial charge >= 0.3 is 0 Å². The molecule has 2 nitrogen and oxygen atoms in total. The van der Waals surface area contributed by atoms with E-state index in [0.717, 1.165) is 25.9 Å². The fraction of sp³-hybridized carbons (Fsp3) is 0.684. The summed E-state index contributed by atoms with van der Waals surface area (Å²) in [4.78, 5) is 0. The summed E-state index contributed by atoms with van der Waals surface area (Å²) in [6.45, 7) is 10.00. The van der Waals surface area contributed by atoms with Crippen LogP contribution in [0.15, 0.2) is 12.1 Å². The topological polar surface area (TPSA) is 21.3 Å². The first-order valence-electron chi connectivity index (χ1n) is 8.59. The maximum atomic E-state index is 6.07. The third-order valence-corrected chi connectivity index (χ3v) is 4.98. The molecule has 1 fully saturated rings. The summed E-state index contributed by atoms with van der Waals surface area (Å²) >= 11 is 0.